The Hall–Kier alpha value is -2.53. The molecule has 30 heavy (non-hydrogen) atoms. The SMILES string of the molecule is Cc1cc(C(=O)N(C2CC2)C2CCc3[nH]ncc3C2)c(C)n1Cc1cccc(Cl)c1. The van der Waals surface area contributed by atoms with Crippen LogP contribution in [0.15, 0.2) is 36.5 Å². The normalized spacial score (nSPS) is 18.3. The molecular formula is C24H27ClN4O. The molecule has 1 fully saturated rings. The molecule has 6 heteroatoms. The van der Waals surface area contributed by atoms with E-state index in [9.17, 15) is 4.79 Å². The fourth-order valence-corrected chi connectivity index (χ4v) is 5.05. The molecule has 2 heterocycles. The van der Waals surface area contributed by atoms with Crippen LogP contribution < -0.4 is 0 Å². The smallest absolute Gasteiger partial charge is 0.256 e. The zero-order valence-electron chi connectivity index (χ0n) is 17.5. The number of amides is 1. The molecule has 0 radical (unpaired) electrons. The molecule has 1 N–H and O–H groups in total. The van der Waals surface area contributed by atoms with Gasteiger partial charge in [-0.2, -0.15) is 5.10 Å². The number of nitrogens with zero attached hydrogens (tertiary/aromatic N) is 3. The number of aromatic nitrogens is 3. The zero-order chi connectivity index (χ0) is 20.8. The van der Waals surface area contributed by atoms with E-state index in [0.717, 1.165) is 66.2 Å². The summed E-state index contributed by atoms with van der Waals surface area (Å²) in [5.41, 5.74) is 6.60. The van der Waals surface area contributed by atoms with Crippen molar-refractivity contribution in [3.8, 4) is 0 Å². The maximum Gasteiger partial charge on any atom is 0.256 e. The summed E-state index contributed by atoms with van der Waals surface area (Å²) >= 11 is 6.17. The van der Waals surface area contributed by atoms with Crippen LogP contribution in [0, 0.1) is 13.8 Å². The van der Waals surface area contributed by atoms with Crippen molar-refractivity contribution in [3.63, 3.8) is 0 Å². The Morgan fingerprint density at radius 1 is 1.23 bits per heavy atom. The first kappa shape index (κ1) is 19.4. The summed E-state index contributed by atoms with van der Waals surface area (Å²) in [6.07, 6.45) is 7.01. The van der Waals surface area contributed by atoms with Gasteiger partial charge in [-0.3, -0.25) is 9.89 Å². The Balaban J connectivity index is 1.42. The number of H-pyrrole nitrogens is 1. The average molecular weight is 423 g/mol. The van der Waals surface area contributed by atoms with Gasteiger partial charge >= 0.3 is 0 Å². The Kier molecular flexibility index (Phi) is 4.94. The molecule has 0 spiro atoms. The fourth-order valence-electron chi connectivity index (χ4n) is 4.83. The average Bonchev–Trinajstić information content (AvgIpc) is 3.37. The quantitative estimate of drug-likeness (QED) is 0.648. The van der Waals surface area contributed by atoms with E-state index < -0.39 is 0 Å². The van der Waals surface area contributed by atoms with E-state index in [-0.39, 0.29) is 11.9 Å². The van der Waals surface area contributed by atoms with Crippen molar-refractivity contribution in [3.05, 3.63) is 75.3 Å². The minimum Gasteiger partial charge on any atom is -0.344 e. The summed E-state index contributed by atoms with van der Waals surface area (Å²) < 4.78 is 2.22. The molecule has 0 saturated heterocycles. The summed E-state index contributed by atoms with van der Waals surface area (Å²) in [5, 5.41) is 8.04. The minimum atomic E-state index is 0.180. The fraction of sp³-hybridized carbons (Fsp3) is 0.417. The molecule has 0 bridgehead atoms. The Labute approximate surface area is 182 Å². The lowest BCUT2D eigenvalue weighted by molar-refractivity contribution is 0.0642. The van der Waals surface area contributed by atoms with Gasteiger partial charge in [0.25, 0.3) is 5.91 Å². The summed E-state index contributed by atoms with van der Waals surface area (Å²) in [7, 11) is 0. The lowest BCUT2D eigenvalue weighted by Crippen LogP contribution is -2.45. The van der Waals surface area contributed by atoms with Crippen LogP contribution in [0.5, 0.6) is 0 Å². The van der Waals surface area contributed by atoms with Crippen LogP contribution in [0.25, 0.3) is 0 Å². The molecule has 1 saturated carbocycles. The first-order valence-electron chi connectivity index (χ1n) is 10.8. The molecule has 1 atom stereocenters. The lowest BCUT2D eigenvalue weighted by Gasteiger charge is -2.34. The molecule has 3 aromatic rings. The Bertz CT molecular complexity index is 1090. The number of carbonyl (C=O) groups is 1. The van der Waals surface area contributed by atoms with Gasteiger partial charge in [-0.05, 0) is 75.3 Å². The number of aromatic amines is 1. The molecule has 1 amide bonds. The van der Waals surface area contributed by atoms with Crippen molar-refractivity contribution in [1.29, 1.82) is 0 Å². The van der Waals surface area contributed by atoms with Gasteiger partial charge < -0.3 is 9.47 Å². The van der Waals surface area contributed by atoms with Crippen molar-refractivity contribution in [2.75, 3.05) is 0 Å². The highest BCUT2D eigenvalue weighted by atomic mass is 35.5. The summed E-state index contributed by atoms with van der Waals surface area (Å²) in [5.74, 6) is 0.180. The van der Waals surface area contributed by atoms with Crippen LogP contribution in [-0.2, 0) is 19.4 Å². The van der Waals surface area contributed by atoms with E-state index in [0.29, 0.717) is 6.04 Å². The molecule has 2 aromatic heterocycles. The van der Waals surface area contributed by atoms with E-state index in [4.69, 9.17) is 11.6 Å². The number of halogens is 1. The molecule has 2 aliphatic rings. The molecule has 1 unspecified atom stereocenters. The lowest BCUT2D eigenvalue weighted by atomic mass is 9.92. The minimum absolute atomic E-state index is 0.180. The maximum absolute atomic E-state index is 13.7. The van der Waals surface area contributed by atoms with Crippen molar-refractivity contribution in [2.24, 2.45) is 0 Å². The number of hydrogen-bond acceptors (Lipinski definition) is 2. The van der Waals surface area contributed by atoms with Crippen molar-refractivity contribution in [1.82, 2.24) is 19.7 Å². The summed E-state index contributed by atoms with van der Waals surface area (Å²) in [4.78, 5) is 15.9. The maximum atomic E-state index is 13.7. The van der Waals surface area contributed by atoms with Gasteiger partial charge in [-0.25, -0.2) is 0 Å². The largest absolute Gasteiger partial charge is 0.344 e. The van der Waals surface area contributed by atoms with Crippen LogP contribution in [0.2, 0.25) is 5.02 Å². The monoisotopic (exact) mass is 422 g/mol. The summed E-state index contributed by atoms with van der Waals surface area (Å²) in [6.45, 7) is 4.86. The van der Waals surface area contributed by atoms with Crippen molar-refractivity contribution < 1.29 is 4.79 Å². The van der Waals surface area contributed by atoms with Crippen LogP contribution in [-0.4, -0.2) is 37.7 Å². The molecule has 0 aliphatic heterocycles. The second-order valence-electron chi connectivity index (χ2n) is 8.71. The van der Waals surface area contributed by atoms with E-state index in [1.165, 1.54) is 11.3 Å². The van der Waals surface area contributed by atoms with E-state index >= 15 is 0 Å². The van der Waals surface area contributed by atoms with Crippen LogP contribution in [0.3, 0.4) is 0 Å². The molecule has 156 valence electrons. The van der Waals surface area contributed by atoms with Crippen LogP contribution in [0.1, 0.15) is 57.8 Å². The number of rotatable bonds is 5. The highest BCUT2D eigenvalue weighted by Gasteiger charge is 2.40. The van der Waals surface area contributed by atoms with Gasteiger partial charge in [0.2, 0.25) is 0 Å². The van der Waals surface area contributed by atoms with Crippen LogP contribution >= 0.6 is 11.6 Å². The number of nitrogens with one attached hydrogen (secondary N) is 1. The third-order valence-electron chi connectivity index (χ3n) is 6.59. The number of aryl methyl sites for hydroxylation is 2. The third kappa shape index (κ3) is 3.56. The van der Waals surface area contributed by atoms with E-state index in [1.807, 2.05) is 24.4 Å². The second kappa shape index (κ2) is 7.62. The standard InChI is InChI=1S/C24H27ClN4O/c1-15-10-22(16(2)28(15)14-17-4-3-5-19(25)11-17)24(30)29(20-6-7-20)21-8-9-23-18(12-21)13-26-27-23/h3-5,10-11,13,20-21H,6-9,12,14H2,1-2H3,(H,26,27). The van der Waals surface area contributed by atoms with Gasteiger partial charge in [0, 0.05) is 40.7 Å². The van der Waals surface area contributed by atoms with Crippen molar-refractivity contribution >= 4 is 17.5 Å². The molecule has 5 rings (SSSR count). The van der Waals surface area contributed by atoms with Gasteiger partial charge in [0.05, 0.1) is 11.8 Å². The van der Waals surface area contributed by atoms with Gasteiger partial charge in [-0.15, -0.1) is 0 Å². The van der Waals surface area contributed by atoms with Crippen LogP contribution in [0.4, 0.5) is 0 Å². The molecular weight excluding hydrogens is 396 g/mol. The van der Waals surface area contributed by atoms with Gasteiger partial charge in [-0.1, -0.05) is 23.7 Å². The number of benzene rings is 1. The topological polar surface area (TPSA) is 53.9 Å². The predicted octanol–water partition coefficient (Wildman–Crippen LogP) is 4.69. The molecule has 2 aliphatic carbocycles. The first-order chi connectivity index (χ1) is 14.5. The number of fused-ring (bicyclic) bond motifs is 1. The number of hydrogen-bond donors (Lipinski definition) is 1. The Morgan fingerprint density at radius 2 is 2.07 bits per heavy atom. The van der Waals surface area contributed by atoms with Gasteiger partial charge in [0.15, 0.2) is 0 Å². The van der Waals surface area contributed by atoms with Gasteiger partial charge in [0.1, 0.15) is 0 Å². The highest BCUT2D eigenvalue weighted by Crippen LogP contribution is 2.35. The van der Waals surface area contributed by atoms with E-state index in [1.54, 1.807) is 0 Å². The second-order valence-corrected chi connectivity index (χ2v) is 9.15. The molecule has 1 aromatic carbocycles. The van der Waals surface area contributed by atoms with E-state index in [2.05, 4.69) is 45.6 Å². The first-order valence-corrected chi connectivity index (χ1v) is 11.1. The predicted molar refractivity (Wildman–Crippen MR) is 118 cm³/mol. The molecule has 5 nitrogen and oxygen atoms in total. The Morgan fingerprint density at radius 3 is 2.83 bits per heavy atom. The highest BCUT2D eigenvalue weighted by molar-refractivity contribution is 6.30. The third-order valence-corrected chi connectivity index (χ3v) is 6.83. The zero-order valence-corrected chi connectivity index (χ0v) is 18.2. The van der Waals surface area contributed by atoms with Crippen molar-refractivity contribution in [2.45, 2.75) is 64.6 Å². The summed E-state index contributed by atoms with van der Waals surface area (Å²) in [6, 6.07) is 10.6. The number of carbonyl (C=O) groups excluding carboxylic acids is 1.